The Morgan fingerprint density at radius 1 is 1.20 bits per heavy atom. The summed E-state index contributed by atoms with van der Waals surface area (Å²) in [6, 6.07) is 7.01. The summed E-state index contributed by atoms with van der Waals surface area (Å²) in [7, 11) is 0. The summed E-state index contributed by atoms with van der Waals surface area (Å²) in [4.78, 5) is 22.5. The first kappa shape index (κ1) is 16.3. The van der Waals surface area contributed by atoms with E-state index in [1.807, 2.05) is 6.92 Å². The Morgan fingerprint density at radius 3 is 2.45 bits per heavy atom. The van der Waals surface area contributed by atoms with Gasteiger partial charge in [-0.25, -0.2) is 0 Å². The molecule has 1 rings (SSSR count). The fourth-order valence-corrected chi connectivity index (χ4v) is 1.54. The highest BCUT2D eigenvalue weighted by atomic mass is 35.5. The van der Waals surface area contributed by atoms with Gasteiger partial charge in [0.1, 0.15) is 11.9 Å². The quantitative estimate of drug-likeness (QED) is 0.806. The minimum absolute atomic E-state index is 0.0136. The Morgan fingerprint density at radius 2 is 1.85 bits per heavy atom. The lowest BCUT2D eigenvalue weighted by Gasteiger charge is -2.15. The van der Waals surface area contributed by atoms with Gasteiger partial charge in [-0.15, -0.1) is 0 Å². The summed E-state index contributed by atoms with van der Waals surface area (Å²) in [6.07, 6.45) is 0.186. The maximum Gasteiger partial charge on any atom is 0.239 e. The smallest absolute Gasteiger partial charge is 0.239 e. The van der Waals surface area contributed by atoms with Gasteiger partial charge < -0.3 is 15.4 Å². The van der Waals surface area contributed by atoms with Crippen molar-refractivity contribution in [3.05, 3.63) is 29.3 Å². The normalized spacial score (nSPS) is 11.6. The van der Waals surface area contributed by atoms with Crippen molar-refractivity contribution in [2.45, 2.75) is 26.4 Å². The lowest BCUT2D eigenvalue weighted by Crippen LogP contribution is -2.40. The van der Waals surface area contributed by atoms with E-state index in [-0.39, 0.29) is 24.5 Å². The van der Waals surface area contributed by atoms with Crippen molar-refractivity contribution in [3.8, 4) is 5.75 Å². The van der Waals surface area contributed by atoms with Crippen molar-refractivity contribution in [3.63, 3.8) is 0 Å². The van der Waals surface area contributed by atoms with Gasteiger partial charge in [-0.3, -0.25) is 9.59 Å². The molecule has 1 aromatic carbocycles. The van der Waals surface area contributed by atoms with E-state index < -0.39 is 0 Å². The van der Waals surface area contributed by atoms with Crippen LogP contribution in [0.4, 0.5) is 0 Å². The summed E-state index contributed by atoms with van der Waals surface area (Å²) in [6.45, 7) is 3.93. The van der Waals surface area contributed by atoms with Crippen LogP contribution < -0.4 is 15.4 Å². The summed E-state index contributed by atoms with van der Waals surface area (Å²) in [5.41, 5.74) is 0. The first-order valence-electron chi connectivity index (χ1n) is 6.47. The van der Waals surface area contributed by atoms with Gasteiger partial charge in [0, 0.05) is 11.4 Å². The average molecular weight is 299 g/mol. The first-order valence-corrected chi connectivity index (χ1v) is 6.84. The van der Waals surface area contributed by atoms with E-state index in [2.05, 4.69) is 10.6 Å². The average Bonchev–Trinajstić information content (AvgIpc) is 2.45. The van der Waals surface area contributed by atoms with E-state index in [0.717, 1.165) is 0 Å². The zero-order valence-electron chi connectivity index (χ0n) is 11.6. The lowest BCUT2D eigenvalue weighted by molar-refractivity contribution is -0.126. The Hall–Kier alpha value is -1.75. The second-order valence-corrected chi connectivity index (χ2v) is 4.75. The first-order chi connectivity index (χ1) is 9.51. The van der Waals surface area contributed by atoms with Crippen LogP contribution in [0.25, 0.3) is 0 Å². The Bertz CT molecular complexity index is 448. The molecule has 0 bridgehead atoms. The number of ether oxygens (including phenoxy) is 1. The minimum atomic E-state index is -0.238. The number of amides is 2. The molecule has 0 aliphatic rings. The van der Waals surface area contributed by atoms with Crippen LogP contribution in [0.15, 0.2) is 24.3 Å². The molecule has 0 radical (unpaired) electrons. The molecule has 1 aromatic rings. The Labute approximate surface area is 123 Å². The predicted octanol–water partition coefficient (Wildman–Crippen LogP) is 1.75. The number of carbonyl (C=O) groups is 2. The molecule has 0 aromatic heterocycles. The fourth-order valence-electron chi connectivity index (χ4n) is 1.41. The lowest BCUT2D eigenvalue weighted by atomic mass is 10.3. The molecule has 6 heteroatoms. The van der Waals surface area contributed by atoms with Gasteiger partial charge in [0.05, 0.1) is 13.1 Å². The van der Waals surface area contributed by atoms with Crippen LogP contribution in [0.5, 0.6) is 5.75 Å². The third kappa shape index (κ3) is 6.43. The number of halogens is 1. The van der Waals surface area contributed by atoms with E-state index in [0.29, 0.717) is 23.7 Å². The molecule has 0 fully saturated rings. The zero-order chi connectivity index (χ0) is 15.0. The Kier molecular flexibility index (Phi) is 6.87. The zero-order valence-corrected chi connectivity index (χ0v) is 12.4. The number of hydrogen-bond donors (Lipinski definition) is 2. The van der Waals surface area contributed by atoms with Gasteiger partial charge in [-0.1, -0.05) is 18.5 Å². The summed E-state index contributed by atoms with van der Waals surface area (Å²) in [5, 5.41) is 5.84. The predicted molar refractivity (Wildman–Crippen MR) is 77.9 cm³/mol. The van der Waals surface area contributed by atoms with Gasteiger partial charge in [-0.2, -0.15) is 0 Å². The number of benzene rings is 1. The van der Waals surface area contributed by atoms with Crippen LogP contribution in [0.1, 0.15) is 20.3 Å². The van der Waals surface area contributed by atoms with Crippen LogP contribution >= 0.6 is 11.6 Å². The summed E-state index contributed by atoms with van der Waals surface area (Å²) in [5.74, 6) is 0.305. The standard InChI is InChI=1S/C14H19ClN2O3/c1-3-13(18)17-9-14(19)16-8-10(2)20-12-6-4-11(15)5-7-12/h4-7,10H,3,8-9H2,1-2H3,(H,16,19)(H,17,18)/t10-/m0/s1. The molecule has 20 heavy (non-hydrogen) atoms. The van der Waals surface area contributed by atoms with Gasteiger partial charge in [0.15, 0.2) is 0 Å². The van der Waals surface area contributed by atoms with Gasteiger partial charge in [-0.05, 0) is 31.2 Å². The highest BCUT2D eigenvalue weighted by molar-refractivity contribution is 6.30. The van der Waals surface area contributed by atoms with Crippen molar-refractivity contribution in [1.29, 1.82) is 0 Å². The third-order valence-corrected chi connectivity index (χ3v) is 2.76. The second-order valence-electron chi connectivity index (χ2n) is 4.32. The number of nitrogens with one attached hydrogen (secondary N) is 2. The molecular weight excluding hydrogens is 280 g/mol. The Balaban J connectivity index is 2.25. The van der Waals surface area contributed by atoms with Crippen LogP contribution in [-0.2, 0) is 9.59 Å². The van der Waals surface area contributed by atoms with Crippen molar-refractivity contribution in [1.82, 2.24) is 10.6 Å². The van der Waals surface area contributed by atoms with Gasteiger partial charge in [0.2, 0.25) is 11.8 Å². The highest BCUT2D eigenvalue weighted by Crippen LogP contribution is 2.16. The molecule has 1 atom stereocenters. The molecule has 5 nitrogen and oxygen atoms in total. The van der Waals surface area contributed by atoms with Crippen molar-refractivity contribution in [2.75, 3.05) is 13.1 Å². The second kappa shape index (κ2) is 8.43. The molecule has 2 N–H and O–H groups in total. The van der Waals surface area contributed by atoms with E-state index in [1.54, 1.807) is 31.2 Å². The maximum atomic E-state index is 11.5. The minimum Gasteiger partial charge on any atom is -0.489 e. The molecule has 0 saturated carbocycles. The van der Waals surface area contributed by atoms with Crippen LogP contribution in [-0.4, -0.2) is 31.0 Å². The summed E-state index contributed by atoms with van der Waals surface area (Å²) >= 11 is 5.78. The molecule has 0 aliphatic heterocycles. The van der Waals surface area contributed by atoms with Crippen LogP contribution in [0.3, 0.4) is 0 Å². The third-order valence-electron chi connectivity index (χ3n) is 2.50. The molecular formula is C14H19ClN2O3. The van der Waals surface area contributed by atoms with E-state index in [9.17, 15) is 9.59 Å². The monoisotopic (exact) mass is 298 g/mol. The fraction of sp³-hybridized carbons (Fsp3) is 0.429. The SMILES string of the molecule is CCC(=O)NCC(=O)NC[C@H](C)Oc1ccc(Cl)cc1. The molecule has 2 amide bonds. The van der Waals surface area contributed by atoms with Crippen molar-refractivity contribution < 1.29 is 14.3 Å². The number of carbonyl (C=O) groups excluding carboxylic acids is 2. The summed E-state index contributed by atoms with van der Waals surface area (Å²) < 4.78 is 5.61. The van der Waals surface area contributed by atoms with Gasteiger partial charge >= 0.3 is 0 Å². The van der Waals surface area contributed by atoms with Crippen molar-refractivity contribution >= 4 is 23.4 Å². The van der Waals surface area contributed by atoms with Crippen LogP contribution in [0.2, 0.25) is 5.02 Å². The number of hydrogen-bond acceptors (Lipinski definition) is 3. The van der Waals surface area contributed by atoms with E-state index >= 15 is 0 Å². The molecule has 0 unspecified atom stereocenters. The topological polar surface area (TPSA) is 67.4 Å². The van der Waals surface area contributed by atoms with E-state index in [4.69, 9.17) is 16.3 Å². The van der Waals surface area contributed by atoms with Gasteiger partial charge in [0.25, 0.3) is 0 Å². The van der Waals surface area contributed by atoms with Crippen molar-refractivity contribution in [2.24, 2.45) is 0 Å². The highest BCUT2D eigenvalue weighted by Gasteiger charge is 2.08. The largest absolute Gasteiger partial charge is 0.489 e. The molecule has 0 saturated heterocycles. The molecule has 0 spiro atoms. The van der Waals surface area contributed by atoms with E-state index in [1.165, 1.54) is 0 Å². The molecule has 0 aliphatic carbocycles. The maximum absolute atomic E-state index is 11.5. The van der Waals surface area contributed by atoms with Crippen LogP contribution in [0, 0.1) is 0 Å². The number of rotatable bonds is 7. The molecule has 110 valence electrons. The molecule has 0 heterocycles.